The van der Waals surface area contributed by atoms with Crippen molar-refractivity contribution in [2.75, 3.05) is 20.1 Å². The average molecular weight is 700 g/mol. The molecule has 1 heterocycles. The number of amides is 1. The summed E-state index contributed by atoms with van der Waals surface area (Å²) in [6.45, 7) is 1.03. The lowest BCUT2D eigenvalue weighted by atomic mass is 9.98. The third-order valence-electron chi connectivity index (χ3n) is 8.00. The average Bonchev–Trinajstić information content (AvgIpc) is 3.06. The maximum Gasteiger partial charge on any atom is 0.272 e. The summed E-state index contributed by atoms with van der Waals surface area (Å²) in [6, 6.07) is 30.0. The van der Waals surface area contributed by atoms with E-state index >= 15 is 0 Å². The van der Waals surface area contributed by atoms with Gasteiger partial charge in [0.15, 0.2) is 6.29 Å². The molecular formula is C36H37Cl3N2O6. The minimum absolute atomic E-state index is 0.0419. The number of carbonyl (C=O) groups is 1. The molecular weight excluding hydrogens is 663 g/mol. The molecule has 0 spiro atoms. The number of rotatable bonds is 11. The minimum Gasteiger partial charge on any atom is -0.508 e. The Balaban J connectivity index is 1.34. The van der Waals surface area contributed by atoms with Gasteiger partial charge in [-0.15, -0.1) is 0 Å². The van der Waals surface area contributed by atoms with Crippen LogP contribution in [-0.2, 0) is 27.4 Å². The number of phenolic OH excluding ortho intramolecular Hbond substituents is 1. The first-order valence-electron chi connectivity index (χ1n) is 15.2. The summed E-state index contributed by atoms with van der Waals surface area (Å²) in [7, 11) is 1.92. The molecule has 0 aliphatic carbocycles. The molecule has 11 heteroatoms. The van der Waals surface area contributed by atoms with E-state index in [2.05, 4.69) is 5.32 Å². The van der Waals surface area contributed by atoms with Crippen LogP contribution in [-0.4, -0.2) is 56.2 Å². The highest BCUT2D eigenvalue weighted by molar-refractivity contribution is 6.76. The lowest BCUT2D eigenvalue weighted by Gasteiger charge is -2.38. The van der Waals surface area contributed by atoms with Crippen LogP contribution < -0.4 is 5.32 Å². The van der Waals surface area contributed by atoms with E-state index < -0.39 is 22.1 Å². The quantitative estimate of drug-likeness (QED) is 0.128. The minimum atomic E-state index is -2.04. The van der Waals surface area contributed by atoms with Gasteiger partial charge in [-0.3, -0.25) is 4.79 Å². The van der Waals surface area contributed by atoms with E-state index in [4.69, 9.17) is 44.3 Å². The van der Waals surface area contributed by atoms with Crippen molar-refractivity contribution >= 4 is 40.7 Å². The second-order valence-electron chi connectivity index (χ2n) is 11.7. The second kappa shape index (κ2) is 15.8. The number of nitrogens with one attached hydrogen (secondary N) is 1. The van der Waals surface area contributed by atoms with Crippen molar-refractivity contribution in [3.8, 4) is 16.9 Å². The van der Waals surface area contributed by atoms with Crippen molar-refractivity contribution < 1.29 is 29.6 Å². The van der Waals surface area contributed by atoms with E-state index in [1.54, 1.807) is 24.3 Å². The van der Waals surface area contributed by atoms with Gasteiger partial charge >= 0.3 is 0 Å². The molecule has 5 rings (SSSR count). The third kappa shape index (κ3) is 9.69. The van der Waals surface area contributed by atoms with E-state index in [0.717, 1.165) is 33.4 Å². The molecule has 4 aromatic carbocycles. The van der Waals surface area contributed by atoms with Crippen molar-refractivity contribution in [1.82, 2.24) is 10.2 Å². The van der Waals surface area contributed by atoms with Crippen LogP contribution in [0, 0.1) is 0 Å². The number of halogens is 3. The Morgan fingerprint density at radius 3 is 2.32 bits per heavy atom. The van der Waals surface area contributed by atoms with Gasteiger partial charge in [-0.25, -0.2) is 0 Å². The largest absolute Gasteiger partial charge is 0.508 e. The molecule has 4 N–H and O–H groups in total. The molecule has 4 aromatic rings. The zero-order valence-corrected chi connectivity index (χ0v) is 28.0. The van der Waals surface area contributed by atoms with Crippen molar-refractivity contribution in [2.24, 2.45) is 0 Å². The number of hydrogen-bond donors (Lipinski definition) is 4. The number of hydrogen-bond acceptors (Lipinski definition) is 7. The lowest BCUT2D eigenvalue weighted by molar-refractivity contribution is -0.252. The van der Waals surface area contributed by atoms with Crippen LogP contribution >= 0.6 is 34.8 Å². The lowest BCUT2D eigenvalue weighted by Crippen LogP contribution is -2.39. The Labute approximate surface area is 289 Å². The van der Waals surface area contributed by atoms with E-state index in [1.807, 2.05) is 84.7 Å². The number of nitrogens with zero attached hydrogens (tertiary/aromatic N) is 1. The van der Waals surface area contributed by atoms with E-state index in [1.165, 1.54) is 0 Å². The number of aromatic hydroxyl groups is 1. The van der Waals surface area contributed by atoms with Gasteiger partial charge in [-0.2, -0.15) is 0 Å². The van der Waals surface area contributed by atoms with Crippen LogP contribution in [0.15, 0.2) is 97.1 Å². The molecule has 1 aliphatic heterocycles. The topological polar surface area (TPSA) is 111 Å². The number of benzene rings is 4. The summed E-state index contributed by atoms with van der Waals surface area (Å²) >= 11 is 17.1. The monoisotopic (exact) mass is 698 g/mol. The molecule has 1 saturated heterocycles. The molecule has 0 radical (unpaired) electrons. The van der Waals surface area contributed by atoms with Crippen LogP contribution in [0.3, 0.4) is 0 Å². The highest BCUT2D eigenvalue weighted by Crippen LogP contribution is 2.39. The first-order chi connectivity index (χ1) is 22.5. The molecule has 0 aromatic heterocycles. The predicted octanol–water partition coefficient (Wildman–Crippen LogP) is 6.75. The Bertz CT molecular complexity index is 1650. The van der Waals surface area contributed by atoms with E-state index in [0.29, 0.717) is 25.1 Å². The Kier molecular flexibility index (Phi) is 11.8. The smallest absolute Gasteiger partial charge is 0.272 e. The number of aliphatic hydroxyl groups excluding tert-OH is 2. The summed E-state index contributed by atoms with van der Waals surface area (Å²) in [5.41, 5.74) is 5.96. The molecule has 248 valence electrons. The fourth-order valence-electron chi connectivity index (χ4n) is 5.60. The predicted molar refractivity (Wildman–Crippen MR) is 183 cm³/mol. The van der Waals surface area contributed by atoms with Gasteiger partial charge in [0.2, 0.25) is 0 Å². The Hall–Kier alpha value is -3.18. The van der Waals surface area contributed by atoms with Gasteiger partial charge in [0.25, 0.3) is 9.70 Å². The molecule has 1 aliphatic rings. The SMILES string of the molecule is CN(CC1CC(c2ccc(CO)cc2)OC(c2cccc(-c3cccc(CNC(=O)C(Cl)(Cl)Cl)c3)c2)O1)CC(O)c1cccc(O)c1. The zero-order valence-electron chi connectivity index (χ0n) is 25.7. The summed E-state index contributed by atoms with van der Waals surface area (Å²) in [5, 5.41) is 32.8. The molecule has 1 amide bonds. The van der Waals surface area contributed by atoms with E-state index in [-0.39, 0.29) is 31.1 Å². The molecule has 4 atom stereocenters. The zero-order chi connectivity index (χ0) is 33.6. The molecule has 0 saturated carbocycles. The standard InChI is InChI=1S/C36H37Cl3N2O6/c1-41(21-32(44)28-8-4-10-30(43)17-28)20-31-18-33(25-13-11-23(22-42)12-14-25)47-34(46-31)29-9-3-7-27(16-29)26-6-2-5-24(15-26)19-40-35(45)36(37,38)39/h2-17,31-34,42-44H,18-22H2,1H3,(H,40,45). The number of ether oxygens (including phenoxy) is 2. The van der Waals surface area contributed by atoms with Crippen LogP contribution in [0.25, 0.3) is 11.1 Å². The number of phenols is 1. The van der Waals surface area contributed by atoms with Crippen molar-refractivity contribution in [2.45, 2.75) is 48.0 Å². The Morgan fingerprint density at radius 2 is 1.62 bits per heavy atom. The molecule has 8 nitrogen and oxygen atoms in total. The summed E-state index contributed by atoms with van der Waals surface area (Å²) in [6.07, 6.45) is -1.38. The number of alkyl halides is 3. The maximum atomic E-state index is 12.0. The molecule has 0 bridgehead atoms. The van der Waals surface area contributed by atoms with Crippen molar-refractivity contribution in [1.29, 1.82) is 0 Å². The summed E-state index contributed by atoms with van der Waals surface area (Å²) in [4.78, 5) is 14.0. The fraction of sp³-hybridized carbons (Fsp3) is 0.306. The summed E-state index contributed by atoms with van der Waals surface area (Å²) in [5.74, 6) is -0.591. The van der Waals surface area contributed by atoms with Gasteiger partial charge in [0.1, 0.15) is 5.75 Å². The molecule has 4 unspecified atom stereocenters. The van der Waals surface area contributed by atoms with Crippen LogP contribution in [0.2, 0.25) is 0 Å². The first-order valence-corrected chi connectivity index (χ1v) is 16.3. The van der Waals surface area contributed by atoms with E-state index in [9.17, 15) is 20.1 Å². The second-order valence-corrected chi connectivity index (χ2v) is 14.0. The highest BCUT2D eigenvalue weighted by atomic mass is 35.6. The van der Waals surface area contributed by atoms with Crippen LogP contribution in [0.1, 0.15) is 52.7 Å². The number of likely N-dealkylation sites (N-methyl/N-ethyl adjacent to an activating group) is 1. The van der Waals surface area contributed by atoms with Gasteiger partial charge < -0.3 is 35.0 Å². The number of aliphatic hydroxyl groups is 2. The number of carbonyl (C=O) groups excluding carboxylic acids is 1. The summed E-state index contributed by atoms with van der Waals surface area (Å²) < 4.78 is 11.1. The maximum absolute atomic E-state index is 12.0. The normalized spacial score (nSPS) is 19.0. The fourth-order valence-corrected chi connectivity index (χ4v) is 5.80. The van der Waals surface area contributed by atoms with Gasteiger partial charge in [-0.1, -0.05) is 108 Å². The highest BCUT2D eigenvalue weighted by Gasteiger charge is 2.33. The van der Waals surface area contributed by atoms with Crippen LogP contribution in [0.4, 0.5) is 0 Å². The van der Waals surface area contributed by atoms with Gasteiger partial charge in [0, 0.05) is 31.6 Å². The van der Waals surface area contributed by atoms with Crippen molar-refractivity contribution in [3.63, 3.8) is 0 Å². The first kappa shape index (κ1) is 35.1. The third-order valence-corrected chi connectivity index (χ3v) is 8.51. The molecule has 47 heavy (non-hydrogen) atoms. The Morgan fingerprint density at radius 1 is 0.915 bits per heavy atom. The van der Waals surface area contributed by atoms with Gasteiger partial charge in [-0.05, 0) is 64.7 Å². The molecule has 1 fully saturated rings. The van der Waals surface area contributed by atoms with Crippen molar-refractivity contribution in [3.05, 3.63) is 125 Å². The van der Waals surface area contributed by atoms with Crippen LogP contribution in [0.5, 0.6) is 5.75 Å². The van der Waals surface area contributed by atoms with Gasteiger partial charge in [0.05, 0.1) is 24.9 Å².